The highest BCUT2D eigenvalue weighted by Crippen LogP contribution is 2.40. The molecule has 162 valence electrons. The minimum absolute atomic E-state index is 0.0347. The van der Waals surface area contributed by atoms with Crippen molar-refractivity contribution < 1.29 is 4.79 Å². The lowest BCUT2D eigenvalue weighted by Crippen LogP contribution is -2.49. The van der Waals surface area contributed by atoms with Gasteiger partial charge < -0.3 is 10.2 Å². The van der Waals surface area contributed by atoms with Crippen LogP contribution < -0.4 is 5.32 Å². The lowest BCUT2D eigenvalue weighted by molar-refractivity contribution is 0.0560. The Bertz CT molecular complexity index is 1040. The third kappa shape index (κ3) is 4.29. The van der Waals surface area contributed by atoms with Crippen molar-refractivity contribution in [3.8, 4) is 16.3 Å². The Morgan fingerprint density at radius 2 is 1.90 bits per heavy atom. The van der Waals surface area contributed by atoms with E-state index < -0.39 is 0 Å². The largest absolute Gasteiger partial charge is 0.332 e. The molecule has 31 heavy (non-hydrogen) atoms. The molecule has 0 spiro atoms. The van der Waals surface area contributed by atoms with E-state index in [4.69, 9.17) is 0 Å². The van der Waals surface area contributed by atoms with E-state index in [1.165, 1.54) is 29.7 Å². The van der Waals surface area contributed by atoms with E-state index in [0.717, 1.165) is 48.1 Å². The standard InChI is InChI=1S/C24H29N5OS/c1-16(2)29(21-9-11-25-12-10-21)24(30)22-15-31-23(27-22)19-13-26-28(14-19)20-7-5-18(6-8-20)17-3-4-17/h5-8,13-17,21,25H,3-4,9-12H2,1-2H3. The molecule has 0 atom stereocenters. The Labute approximate surface area is 187 Å². The van der Waals surface area contributed by atoms with Crippen molar-refractivity contribution in [3.05, 3.63) is 53.3 Å². The van der Waals surface area contributed by atoms with Gasteiger partial charge in [0.25, 0.3) is 5.91 Å². The summed E-state index contributed by atoms with van der Waals surface area (Å²) in [6.45, 7) is 6.10. The van der Waals surface area contributed by atoms with Crippen LogP contribution in [-0.4, -0.2) is 50.7 Å². The van der Waals surface area contributed by atoms with Gasteiger partial charge in [-0.1, -0.05) is 12.1 Å². The van der Waals surface area contributed by atoms with Crippen molar-refractivity contribution in [2.24, 2.45) is 0 Å². The van der Waals surface area contributed by atoms with Crippen LogP contribution in [0.1, 0.15) is 61.5 Å². The van der Waals surface area contributed by atoms with Gasteiger partial charge in [-0.05, 0) is 76.2 Å². The zero-order valence-corrected chi connectivity index (χ0v) is 18.9. The summed E-state index contributed by atoms with van der Waals surface area (Å²) in [5, 5.41) is 10.6. The number of benzene rings is 1. The Balaban J connectivity index is 1.33. The minimum atomic E-state index is 0.0347. The summed E-state index contributed by atoms with van der Waals surface area (Å²) in [5.74, 6) is 0.788. The van der Waals surface area contributed by atoms with Gasteiger partial charge in [-0.25, -0.2) is 9.67 Å². The SMILES string of the molecule is CC(C)N(C(=O)c1csc(-c2cnn(-c3ccc(C4CC4)cc3)c2)n1)C1CCNCC1. The third-order valence-electron chi connectivity index (χ3n) is 6.25. The molecule has 1 aromatic carbocycles. The number of hydrogen-bond acceptors (Lipinski definition) is 5. The van der Waals surface area contributed by atoms with Crippen LogP contribution >= 0.6 is 11.3 Å². The Kier molecular flexibility index (Phi) is 5.63. The van der Waals surface area contributed by atoms with Crippen molar-refractivity contribution in [1.82, 2.24) is 25.0 Å². The number of amides is 1. The summed E-state index contributed by atoms with van der Waals surface area (Å²) in [6, 6.07) is 9.09. The van der Waals surface area contributed by atoms with E-state index in [-0.39, 0.29) is 18.0 Å². The first-order valence-electron chi connectivity index (χ1n) is 11.2. The molecule has 1 saturated heterocycles. The smallest absolute Gasteiger partial charge is 0.273 e. The molecule has 3 aromatic rings. The highest BCUT2D eigenvalue weighted by molar-refractivity contribution is 7.13. The molecule has 0 bridgehead atoms. The fourth-order valence-electron chi connectivity index (χ4n) is 4.43. The van der Waals surface area contributed by atoms with Crippen LogP contribution in [-0.2, 0) is 0 Å². The van der Waals surface area contributed by atoms with Crippen LogP contribution in [0.25, 0.3) is 16.3 Å². The molecule has 2 aromatic heterocycles. The van der Waals surface area contributed by atoms with Gasteiger partial charge in [-0.3, -0.25) is 4.79 Å². The van der Waals surface area contributed by atoms with E-state index in [1.54, 1.807) is 0 Å². The molecular weight excluding hydrogens is 406 g/mol. The first-order chi connectivity index (χ1) is 15.1. The van der Waals surface area contributed by atoms with Crippen molar-refractivity contribution in [1.29, 1.82) is 0 Å². The molecule has 1 saturated carbocycles. The molecule has 2 fully saturated rings. The summed E-state index contributed by atoms with van der Waals surface area (Å²) in [4.78, 5) is 20.0. The summed E-state index contributed by atoms with van der Waals surface area (Å²) in [6.07, 6.45) is 8.42. The maximum Gasteiger partial charge on any atom is 0.273 e. The number of nitrogens with zero attached hydrogens (tertiary/aromatic N) is 4. The normalized spacial score (nSPS) is 17.3. The Morgan fingerprint density at radius 3 is 2.58 bits per heavy atom. The van der Waals surface area contributed by atoms with E-state index in [2.05, 4.69) is 53.5 Å². The highest BCUT2D eigenvalue weighted by atomic mass is 32.1. The molecule has 6 nitrogen and oxygen atoms in total. The van der Waals surface area contributed by atoms with Gasteiger partial charge in [0.1, 0.15) is 10.7 Å². The first kappa shape index (κ1) is 20.4. The molecule has 7 heteroatoms. The van der Waals surface area contributed by atoms with Gasteiger partial charge in [-0.15, -0.1) is 11.3 Å². The lowest BCUT2D eigenvalue weighted by Gasteiger charge is -2.37. The van der Waals surface area contributed by atoms with Crippen LogP contribution in [0, 0.1) is 0 Å². The number of carbonyl (C=O) groups excluding carboxylic acids is 1. The number of rotatable bonds is 6. The molecule has 1 aliphatic carbocycles. The maximum atomic E-state index is 13.3. The molecule has 5 rings (SSSR count). The van der Waals surface area contributed by atoms with Gasteiger partial charge in [0.2, 0.25) is 0 Å². The monoisotopic (exact) mass is 435 g/mol. The predicted octanol–water partition coefficient (Wildman–Crippen LogP) is 4.48. The molecule has 1 aliphatic heterocycles. The maximum absolute atomic E-state index is 13.3. The van der Waals surface area contributed by atoms with Gasteiger partial charge in [-0.2, -0.15) is 5.10 Å². The molecule has 3 heterocycles. The first-order valence-corrected chi connectivity index (χ1v) is 12.1. The zero-order valence-electron chi connectivity index (χ0n) is 18.1. The van der Waals surface area contributed by atoms with Crippen LogP contribution in [0.4, 0.5) is 0 Å². The van der Waals surface area contributed by atoms with Crippen LogP contribution in [0.5, 0.6) is 0 Å². The lowest BCUT2D eigenvalue weighted by atomic mass is 10.0. The van der Waals surface area contributed by atoms with Gasteiger partial charge in [0.05, 0.1) is 11.9 Å². The Hall–Kier alpha value is -2.51. The number of aromatic nitrogens is 3. The second-order valence-electron chi connectivity index (χ2n) is 8.86. The molecule has 0 unspecified atom stereocenters. The number of nitrogens with one attached hydrogen (secondary N) is 1. The Morgan fingerprint density at radius 1 is 1.16 bits per heavy atom. The van der Waals surface area contributed by atoms with Gasteiger partial charge >= 0.3 is 0 Å². The molecular formula is C24H29N5OS. The summed E-state index contributed by atoms with van der Waals surface area (Å²) in [7, 11) is 0. The van der Waals surface area contributed by atoms with Crippen LogP contribution in [0.15, 0.2) is 42.0 Å². The minimum Gasteiger partial charge on any atom is -0.332 e. The second-order valence-corrected chi connectivity index (χ2v) is 9.72. The van der Waals surface area contributed by atoms with Gasteiger partial charge in [0, 0.05) is 29.2 Å². The van der Waals surface area contributed by atoms with Crippen molar-refractivity contribution in [2.45, 2.75) is 57.5 Å². The van der Waals surface area contributed by atoms with Crippen molar-refractivity contribution in [2.75, 3.05) is 13.1 Å². The van der Waals surface area contributed by atoms with E-state index in [9.17, 15) is 4.79 Å². The fraction of sp³-hybridized carbons (Fsp3) is 0.458. The van der Waals surface area contributed by atoms with Crippen LogP contribution in [0.3, 0.4) is 0 Å². The average Bonchev–Trinajstić information content (AvgIpc) is 3.31. The van der Waals surface area contributed by atoms with Gasteiger partial charge in [0.15, 0.2) is 0 Å². The number of hydrogen-bond donors (Lipinski definition) is 1. The predicted molar refractivity (Wildman–Crippen MR) is 124 cm³/mol. The quantitative estimate of drug-likeness (QED) is 0.620. The fourth-order valence-corrected chi connectivity index (χ4v) is 5.20. The molecule has 1 amide bonds. The summed E-state index contributed by atoms with van der Waals surface area (Å²) in [5.41, 5.74) is 3.94. The van der Waals surface area contributed by atoms with Crippen LogP contribution in [0.2, 0.25) is 0 Å². The number of thiazole rings is 1. The third-order valence-corrected chi connectivity index (χ3v) is 7.14. The molecule has 0 radical (unpaired) electrons. The molecule has 2 aliphatic rings. The topological polar surface area (TPSA) is 63.1 Å². The summed E-state index contributed by atoms with van der Waals surface area (Å²) < 4.78 is 1.88. The second kappa shape index (κ2) is 8.55. The van der Waals surface area contributed by atoms with E-state index in [0.29, 0.717) is 5.69 Å². The van der Waals surface area contributed by atoms with Crippen molar-refractivity contribution in [3.63, 3.8) is 0 Å². The number of piperidine rings is 1. The molecule has 1 N–H and O–H groups in total. The van der Waals surface area contributed by atoms with Crippen molar-refractivity contribution >= 4 is 17.2 Å². The zero-order chi connectivity index (χ0) is 21.4. The summed E-state index contributed by atoms with van der Waals surface area (Å²) >= 11 is 1.51. The number of carbonyl (C=O) groups is 1. The van der Waals surface area contributed by atoms with E-state index >= 15 is 0 Å². The van der Waals surface area contributed by atoms with E-state index in [1.807, 2.05) is 27.4 Å². The average molecular weight is 436 g/mol. The highest BCUT2D eigenvalue weighted by Gasteiger charge is 2.30.